The number of benzene rings is 3. The molecule has 1 aliphatic rings. The molecule has 194 valence electrons. The van der Waals surface area contributed by atoms with E-state index in [0.29, 0.717) is 23.9 Å². The lowest BCUT2D eigenvalue weighted by atomic mass is 10.1. The van der Waals surface area contributed by atoms with E-state index >= 15 is 0 Å². The lowest BCUT2D eigenvalue weighted by Gasteiger charge is -2.22. The second-order valence-electron chi connectivity index (χ2n) is 9.55. The topological polar surface area (TPSA) is 32.3 Å². The summed E-state index contributed by atoms with van der Waals surface area (Å²) in [5.41, 5.74) is 1.11. The van der Waals surface area contributed by atoms with Crippen LogP contribution in [0, 0.1) is 5.92 Å². The average molecular weight is 519 g/mol. The molecule has 36 heavy (non-hydrogen) atoms. The maximum absolute atomic E-state index is 12.8. The predicted octanol–water partition coefficient (Wildman–Crippen LogP) is 7.31. The van der Waals surface area contributed by atoms with Crippen LogP contribution in [0.1, 0.15) is 60.0 Å². The maximum Gasteiger partial charge on any atom is 0.416 e. The summed E-state index contributed by atoms with van der Waals surface area (Å²) in [7, 11) is 0. The number of halogens is 4. The van der Waals surface area contributed by atoms with Gasteiger partial charge in [-0.2, -0.15) is 13.2 Å². The molecular formula is C29H34ClF3N2O. The Hall–Kier alpha value is -2.57. The number of alkyl halides is 3. The normalized spacial score (nSPS) is 17.1. The molecule has 7 heteroatoms. The Morgan fingerprint density at radius 3 is 2.39 bits per heavy atom. The van der Waals surface area contributed by atoms with E-state index in [9.17, 15) is 18.0 Å². The van der Waals surface area contributed by atoms with Gasteiger partial charge in [0.2, 0.25) is 0 Å². The SMILES string of the molecule is CCCN(CCCCNC(=O)c1ccc2ccccc2c1)CC1CC1c1ccc(C(F)(F)F)cc1.Cl. The molecule has 0 saturated heterocycles. The number of carbonyl (C=O) groups excluding carboxylic acids is 1. The summed E-state index contributed by atoms with van der Waals surface area (Å²) in [6, 6.07) is 19.4. The fourth-order valence-electron chi connectivity index (χ4n) is 4.81. The standard InChI is InChI=1S/C29H33F3N2O.ClH/c1-2-16-34(20-25-19-27(25)22-11-13-26(14-12-22)29(30,31)32)17-6-5-15-33-28(35)24-10-9-21-7-3-4-8-23(21)18-24;/h3-4,7-14,18,25,27H,2,5-6,15-17,19-20H2,1H3,(H,33,35);1H. The van der Waals surface area contributed by atoms with Crippen molar-refractivity contribution in [1.29, 1.82) is 0 Å². The molecule has 3 aromatic rings. The molecule has 1 fully saturated rings. The van der Waals surface area contributed by atoms with E-state index in [1.54, 1.807) is 12.1 Å². The smallest absolute Gasteiger partial charge is 0.352 e. The second kappa shape index (κ2) is 12.6. The molecule has 3 aromatic carbocycles. The minimum absolute atomic E-state index is 0. The number of unbranched alkanes of at least 4 members (excludes halogenated alkanes) is 1. The van der Waals surface area contributed by atoms with Gasteiger partial charge in [-0.3, -0.25) is 4.79 Å². The van der Waals surface area contributed by atoms with E-state index in [1.807, 2.05) is 42.5 Å². The number of amides is 1. The molecule has 0 bridgehead atoms. The molecule has 1 aliphatic carbocycles. The van der Waals surface area contributed by atoms with E-state index in [1.165, 1.54) is 12.1 Å². The van der Waals surface area contributed by atoms with Crippen molar-refractivity contribution in [2.24, 2.45) is 5.92 Å². The van der Waals surface area contributed by atoms with E-state index in [2.05, 4.69) is 17.1 Å². The van der Waals surface area contributed by atoms with Gasteiger partial charge in [0.15, 0.2) is 0 Å². The monoisotopic (exact) mass is 518 g/mol. The zero-order chi connectivity index (χ0) is 24.8. The van der Waals surface area contributed by atoms with Crippen molar-refractivity contribution in [3.63, 3.8) is 0 Å². The maximum atomic E-state index is 12.8. The van der Waals surface area contributed by atoms with Gasteiger partial charge in [0.1, 0.15) is 0 Å². The molecule has 0 heterocycles. The van der Waals surface area contributed by atoms with Crippen molar-refractivity contribution in [3.05, 3.63) is 83.4 Å². The quantitative estimate of drug-likeness (QED) is 0.270. The average Bonchev–Trinajstić information content (AvgIpc) is 3.62. The van der Waals surface area contributed by atoms with E-state index < -0.39 is 11.7 Å². The highest BCUT2D eigenvalue weighted by atomic mass is 35.5. The molecule has 1 saturated carbocycles. The van der Waals surface area contributed by atoms with Crippen LogP contribution in [0.25, 0.3) is 10.8 Å². The summed E-state index contributed by atoms with van der Waals surface area (Å²) < 4.78 is 38.4. The van der Waals surface area contributed by atoms with Crippen molar-refractivity contribution >= 4 is 29.1 Å². The zero-order valence-electron chi connectivity index (χ0n) is 20.6. The van der Waals surface area contributed by atoms with Crippen LogP contribution in [0.15, 0.2) is 66.7 Å². The number of nitrogens with zero attached hydrogens (tertiary/aromatic N) is 1. The van der Waals surface area contributed by atoms with Crippen molar-refractivity contribution in [3.8, 4) is 0 Å². The molecular weight excluding hydrogens is 485 g/mol. The number of carbonyl (C=O) groups is 1. The van der Waals surface area contributed by atoms with Gasteiger partial charge in [0.05, 0.1) is 5.56 Å². The first-order valence-corrected chi connectivity index (χ1v) is 12.5. The molecule has 4 rings (SSSR count). The Bertz CT molecular complexity index is 1130. The fraction of sp³-hybridized carbons (Fsp3) is 0.414. The summed E-state index contributed by atoms with van der Waals surface area (Å²) in [6.45, 7) is 5.76. The highest BCUT2D eigenvalue weighted by Gasteiger charge is 2.39. The third kappa shape index (κ3) is 7.47. The molecule has 0 aliphatic heterocycles. The lowest BCUT2D eigenvalue weighted by molar-refractivity contribution is -0.137. The summed E-state index contributed by atoms with van der Waals surface area (Å²) in [5.74, 6) is 0.822. The summed E-state index contributed by atoms with van der Waals surface area (Å²) in [4.78, 5) is 15.0. The van der Waals surface area contributed by atoms with Crippen LogP contribution in [0.5, 0.6) is 0 Å². The largest absolute Gasteiger partial charge is 0.416 e. The number of hydrogen-bond acceptors (Lipinski definition) is 2. The molecule has 0 spiro atoms. The first kappa shape index (κ1) is 28.0. The summed E-state index contributed by atoms with van der Waals surface area (Å²) in [6.07, 6.45) is -0.277. The van der Waals surface area contributed by atoms with Gasteiger partial charge in [-0.05, 0) is 91.2 Å². The Kier molecular flexibility index (Phi) is 9.80. The summed E-state index contributed by atoms with van der Waals surface area (Å²) >= 11 is 0. The zero-order valence-corrected chi connectivity index (χ0v) is 21.4. The van der Waals surface area contributed by atoms with Crippen molar-refractivity contribution in [2.45, 2.75) is 44.7 Å². The third-order valence-electron chi connectivity index (χ3n) is 6.82. The number of fused-ring (bicyclic) bond motifs is 1. The first-order valence-electron chi connectivity index (χ1n) is 12.5. The molecule has 0 aromatic heterocycles. The lowest BCUT2D eigenvalue weighted by Crippen LogP contribution is -2.29. The molecule has 0 radical (unpaired) electrons. The molecule has 1 amide bonds. The Morgan fingerprint density at radius 2 is 1.69 bits per heavy atom. The van der Waals surface area contributed by atoms with Gasteiger partial charge in [-0.15, -0.1) is 12.4 Å². The number of rotatable bonds is 11. The summed E-state index contributed by atoms with van der Waals surface area (Å²) in [5, 5.41) is 5.21. The minimum atomic E-state index is -4.28. The van der Waals surface area contributed by atoms with Gasteiger partial charge < -0.3 is 10.2 Å². The first-order chi connectivity index (χ1) is 16.8. The molecule has 2 unspecified atom stereocenters. The fourth-order valence-corrected chi connectivity index (χ4v) is 4.81. The Morgan fingerprint density at radius 1 is 0.972 bits per heavy atom. The minimum Gasteiger partial charge on any atom is -0.352 e. The van der Waals surface area contributed by atoms with Crippen LogP contribution < -0.4 is 5.32 Å². The second-order valence-corrected chi connectivity index (χ2v) is 9.55. The van der Waals surface area contributed by atoms with Crippen LogP contribution in [-0.2, 0) is 6.18 Å². The third-order valence-corrected chi connectivity index (χ3v) is 6.82. The number of hydrogen-bond donors (Lipinski definition) is 1. The van der Waals surface area contributed by atoms with Crippen LogP contribution in [-0.4, -0.2) is 37.0 Å². The van der Waals surface area contributed by atoms with Crippen LogP contribution in [0.4, 0.5) is 13.2 Å². The van der Waals surface area contributed by atoms with Gasteiger partial charge in [0.25, 0.3) is 5.91 Å². The van der Waals surface area contributed by atoms with E-state index in [4.69, 9.17) is 0 Å². The number of nitrogens with one attached hydrogen (secondary N) is 1. The van der Waals surface area contributed by atoms with E-state index in [-0.39, 0.29) is 18.3 Å². The van der Waals surface area contributed by atoms with Crippen molar-refractivity contribution < 1.29 is 18.0 Å². The highest BCUT2D eigenvalue weighted by Crippen LogP contribution is 2.48. The predicted molar refractivity (Wildman–Crippen MR) is 142 cm³/mol. The Balaban J connectivity index is 0.00000361. The van der Waals surface area contributed by atoms with Crippen LogP contribution in [0.3, 0.4) is 0 Å². The molecule has 2 atom stereocenters. The van der Waals surface area contributed by atoms with Crippen LogP contribution in [0.2, 0.25) is 0 Å². The van der Waals surface area contributed by atoms with Crippen molar-refractivity contribution in [1.82, 2.24) is 10.2 Å². The van der Waals surface area contributed by atoms with E-state index in [0.717, 1.165) is 61.7 Å². The Labute approximate surface area is 217 Å². The van der Waals surface area contributed by atoms with Gasteiger partial charge in [-0.1, -0.05) is 49.4 Å². The van der Waals surface area contributed by atoms with Crippen LogP contribution >= 0.6 is 12.4 Å². The van der Waals surface area contributed by atoms with Gasteiger partial charge >= 0.3 is 6.18 Å². The molecule has 3 nitrogen and oxygen atoms in total. The van der Waals surface area contributed by atoms with Gasteiger partial charge in [0, 0.05) is 18.7 Å². The van der Waals surface area contributed by atoms with Crippen molar-refractivity contribution in [2.75, 3.05) is 26.2 Å². The van der Waals surface area contributed by atoms with Gasteiger partial charge in [-0.25, -0.2) is 0 Å². The molecule has 1 N–H and O–H groups in total. The highest BCUT2D eigenvalue weighted by molar-refractivity contribution is 5.98.